The fourth-order valence-electron chi connectivity index (χ4n) is 1.27. The minimum absolute atomic E-state index is 0.00641. The van der Waals surface area contributed by atoms with Gasteiger partial charge in [0.25, 0.3) is 0 Å². The fraction of sp³-hybridized carbons (Fsp3) is 0.783. The van der Waals surface area contributed by atoms with Crippen molar-refractivity contribution in [2.45, 2.75) is 89.5 Å². The summed E-state index contributed by atoms with van der Waals surface area (Å²) in [5.41, 5.74) is 0.180. The SMILES string of the molecule is CC(C)(C)C#CCC(C)(C)C.CC(C)(C)C#CCNC(=O)C(C)(C)C. The molecule has 0 radical (unpaired) electrons. The highest BCUT2D eigenvalue weighted by atomic mass is 16.2. The molecule has 0 fully saturated rings. The van der Waals surface area contributed by atoms with Crippen LogP contribution in [0.4, 0.5) is 0 Å². The molecule has 25 heavy (non-hydrogen) atoms. The second-order valence-electron chi connectivity index (χ2n) is 10.8. The molecule has 0 saturated heterocycles. The minimum atomic E-state index is -0.330. The van der Waals surface area contributed by atoms with Crippen molar-refractivity contribution in [2.75, 3.05) is 6.54 Å². The van der Waals surface area contributed by atoms with Crippen LogP contribution in [0.5, 0.6) is 0 Å². The number of nitrogens with one attached hydrogen (secondary N) is 1. The Labute approximate surface area is 157 Å². The van der Waals surface area contributed by atoms with Gasteiger partial charge in [-0.15, -0.1) is 5.92 Å². The highest BCUT2D eigenvalue weighted by molar-refractivity contribution is 5.81. The molecule has 0 atom stereocenters. The zero-order valence-electron chi connectivity index (χ0n) is 18.8. The molecule has 1 amide bonds. The van der Waals surface area contributed by atoms with E-state index in [1.54, 1.807) is 0 Å². The number of carbonyl (C=O) groups is 1. The van der Waals surface area contributed by atoms with Gasteiger partial charge in [0.05, 0.1) is 6.54 Å². The maximum Gasteiger partial charge on any atom is 0.226 e. The first-order valence-electron chi connectivity index (χ1n) is 9.12. The molecule has 2 nitrogen and oxygen atoms in total. The monoisotopic (exact) mass is 347 g/mol. The highest BCUT2D eigenvalue weighted by Crippen LogP contribution is 2.18. The lowest BCUT2D eigenvalue weighted by molar-refractivity contribution is -0.128. The van der Waals surface area contributed by atoms with Crippen LogP contribution in [0.3, 0.4) is 0 Å². The second-order valence-corrected chi connectivity index (χ2v) is 10.8. The third kappa shape index (κ3) is 22.6. The summed E-state index contributed by atoms with van der Waals surface area (Å²) in [5, 5.41) is 2.78. The van der Waals surface area contributed by atoms with E-state index in [0.717, 1.165) is 6.42 Å². The van der Waals surface area contributed by atoms with Gasteiger partial charge < -0.3 is 5.32 Å². The molecule has 0 aliphatic heterocycles. The molecule has 0 unspecified atom stereocenters. The van der Waals surface area contributed by atoms with Gasteiger partial charge in [0.2, 0.25) is 5.91 Å². The summed E-state index contributed by atoms with van der Waals surface area (Å²) in [7, 11) is 0. The predicted octanol–water partition coefficient (Wildman–Crippen LogP) is 5.67. The van der Waals surface area contributed by atoms with E-state index in [2.05, 4.69) is 70.5 Å². The first-order chi connectivity index (χ1) is 10.8. The molecular formula is C23H41NO. The smallest absolute Gasteiger partial charge is 0.226 e. The van der Waals surface area contributed by atoms with Crippen LogP contribution in [0.1, 0.15) is 89.5 Å². The summed E-state index contributed by atoms with van der Waals surface area (Å²) in [6.45, 7) is 25.3. The first-order valence-corrected chi connectivity index (χ1v) is 9.12. The van der Waals surface area contributed by atoms with Crippen molar-refractivity contribution in [3.05, 3.63) is 0 Å². The lowest BCUT2D eigenvalue weighted by atomic mass is 9.91. The normalized spacial score (nSPS) is 11.8. The van der Waals surface area contributed by atoms with Gasteiger partial charge in [-0.3, -0.25) is 4.79 Å². The molecule has 0 aliphatic rings. The summed E-state index contributed by atoms with van der Waals surface area (Å²) >= 11 is 0. The molecule has 0 aromatic carbocycles. The Morgan fingerprint density at radius 3 is 1.44 bits per heavy atom. The van der Waals surface area contributed by atoms with Crippen LogP contribution in [0.15, 0.2) is 0 Å². The summed E-state index contributed by atoms with van der Waals surface area (Å²) in [5.74, 6) is 12.5. The van der Waals surface area contributed by atoms with Crippen molar-refractivity contribution < 1.29 is 4.79 Å². The number of hydrogen-bond acceptors (Lipinski definition) is 1. The van der Waals surface area contributed by atoms with E-state index >= 15 is 0 Å². The van der Waals surface area contributed by atoms with E-state index < -0.39 is 0 Å². The molecule has 0 aromatic heterocycles. The van der Waals surface area contributed by atoms with Gasteiger partial charge in [-0.05, 0) is 47.0 Å². The van der Waals surface area contributed by atoms with Gasteiger partial charge in [0.1, 0.15) is 0 Å². The Kier molecular flexibility index (Phi) is 10.2. The fourth-order valence-corrected chi connectivity index (χ4v) is 1.27. The summed E-state index contributed by atoms with van der Waals surface area (Å²) in [6, 6.07) is 0. The molecule has 144 valence electrons. The Hall–Kier alpha value is -1.41. The van der Waals surface area contributed by atoms with Crippen LogP contribution < -0.4 is 5.32 Å². The zero-order valence-corrected chi connectivity index (χ0v) is 18.8. The van der Waals surface area contributed by atoms with Crippen molar-refractivity contribution in [3.63, 3.8) is 0 Å². The molecule has 1 N–H and O–H groups in total. The van der Waals surface area contributed by atoms with Crippen molar-refractivity contribution in [2.24, 2.45) is 21.7 Å². The summed E-state index contributed by atoms with van der Waals surface area (Å²) < 4.78 is 0. The molecule has 0 rings (SSSR count). The molecule has 0 aliphatic carbocycles. The maximum atomic E-state index is 11.4. The predicted molar refractivity (Wildman–Crippen MR) is 111 cm³/mol. The largest absolute Gasteiger partial charge is 0.345 e. The Balaban J connectivity index is 0. The van der Waals surface area contributed by atoms with Gasteiger partial charge in [-0.1, -0.05) is 59.3 Å². The average Bonchev–Trinajstić information content (AvgIpc) is 2.29. The third-order valence-electron chi connectivity index (χ3n) is 2.56. The van der Waals surface area contributed by atoms with E-state index in [1.165, 1.54) is 0 Å². The summed E-state index contributed by atoms with van der Waals surface area (Å²) in [6.07, 6.45) is 0.990. The van der Waals surface area contributed by atoms with E-state index in [0.29, 0.717) is 12.0 Å². The van der Waals surface area contributed by atoms with Crippen LogP contribution in [-0.4, -0.2) is 12.5 Å². The molecule has 0 heterocycles. The van der Waals surface area contributed by atoms with Crippen molar-refractivity contribution >= 4 is 5.91 Å². The van der Waals surface area contributed by atoms with Crippen LogP contribution in [0.2, 0.25) is 0 Å². The molecule has 0 aromatic rings. The van der Waals surface area contributed by atoms with Crippen LogP contribution >= 0.6 is 0 Å². The lowest BCUT2D eigenvalue weighted by Crippen LogP contribution is -2.34. The third-order valence-corrected chi connectivity index (χ3v) is 2.56. The molecular weight excluding hydrogens is 306 g/mol. The molecule has 0 saturated carbocycles. The van der Waals surface area contributed by atoms with E-state index in [9.17, 15) is 4.79 Å². The lowest BCUT2D eigenvalue weighted by Gasteiger charge is -2.16. The Morgan fingerprint density at radius 2 is 1.12 bits per heavy atom. The average molecular weight is 348 g/mol. The van der Waals surface area contributed by atoms with Crippen LogP contribution in [-0.2, 0) is 4.79 Å². The van der Waals surface area contributed by atoms with Crippen LogP contribution in [0, 0.1) is 45.3 Å². The number of rotatable bonds is 1. The number of amides is 1. The van der Waals surface area contributed by atoms with Crippen molar-refractivity contribution in [1.82, 2.24) is 5.32 Å². The molecule has 0 spiro atoms. The zero-order chi connectivity index (χ0) is 20.5. The standard InChI is InChI=1S/C12H21NO.C11H20/c1-11(2,3)8-7-9-13-10(14)12(4,5)6;1-10(2,3)8-7-9-11(4,5)6/h9H2,1-6H3,(H,13,14);8H2,1-6H3. The molecule has 2 heteroatoms. The minimum Gasteiger partial charge on any atom is -0.345 e. The molecule has 0 bridgehead atoms. The topological polar surface area (TPSA) is 29.1 Å². The summed E-state index contributed by atoms with van der Waals surface area (Å²) in [4.78, 5) is 11.4. The van der Waals surface area contributed by atoms with E-state index in [-0.39, 0.29) is 22.2 Å². The van der Waals surface area contributed by atoms with Crippen molar-refractivity contribution in [1.29, 1.82) is 0 Å². The van der Waals surface area contributed by atoms with Crippen LogP contribution in [0.25, 0.3) is 0 Å². The quantitative estimate of drug-likeness (QED) is 0.608. The Bertz CT molecular complexity index is 520. The van der Waals surface area contributed by atoms with Gasteiger partial charge in [-0.25, -0.2) is 0 Å². The number of hydrogen-bond donors (Lipinski definition) is 1. The van der Waals surface area contributed by atoms with Crippen molar-refractivity contribution in [3.8, 4) is 23.7 Å². The highest BCUT2D eigenvalue weighted by Gasteiger charge is 2.19. The Morgan fingerprint density at radius 1 is 0.720 bits per heavy atom. The van der Waals surface area contributed by atoms with Gasteiger partial charge in [0, 0.05) is 22.7 Å². The van der Waals surface area contributed by atoms with E-state index in [1.807, 2.05) is 41.5 Å². The second kappa shape index (κ2) is 9.91. The first kappa shape index (κ1) is 25.8. The maximum absolute atomic E-state index is 11.4. The van der Waals surface area contributed by atoms with Gasteiger partial charge in [-0.2, -0.15) is 0 Å². The number of carbonyl (C=O) groups excluding carboxylic acids is 1. The van der Waals surface area contributed by atoms with Gasteiger partial charge >= 0.3 is 0 Å². The van der Waals surface area contributed by atoms with Gasteiger partial charge in [0.15, 0.2) is 0 Å². The van der Waals surface area contributed by atoms with E-state index in [4.69, 9.17) is 0 Å².